The first-order valence-corrected chi connectivity index (χ1v) is 8.62. The number of rotatable bonds is 5. The Bertz CT molecular complexity index is 562. The van der Waals surface area contributed by atoms with Gasteiger partial charge in [-0.05, 0) is 38.1 Å². The molecular formula is C18H23N2S+. The molecule has 0 atom stereocenters. The van der Waals surface area contributed by atoms with Gasteiger partial charge < -0.3 is 9.80 Å². The van der Waals surface area contributed by atoms with Crippen LogP contribution < -0.4 is 9.80 Å². The van der Waals surface area contributed by atoms with Crippen molar-refractivity contribution >= 4 is 23.1 Å². The van der Waals surface area contributed by atoms with Crippen molar-refractivity contribution in [3.63, 3.8) is 0 Å². The van der Waals surface area contributed by atoms with Crippen molar-refractivity contribution in [1.82, 2.24) is 0 Å². The molecule has 0 radical (unpaired) electrons. The van der Waals surface area contributed by atoms with Gasteiger partial charge >= 0.3 is 0 Å². The maximum absolute atomic E-state index is 2.49. The Morgan fingerprint density at radius 1 is 0.857 bits per heavy atom. The summed E-state index contributed by atoms with van der Waals surface area (Å²) in [5, 5.41) is 0. The van der Waals surface area contributed by atoms with Crippen LogP contribution in [0.3, 0.4) is 0 Å². The topological polar surface area (TPSA) is 7.68 Å². The van der Waals surface area contributed by atoms with Crippen LogP contribution >= 0.6 is 11.8 Å². The molecule has 1 aliphatic rings. The molecule has 0 fully saturated rings. The number of hydrogen-bond acceptors (Lipinski definition) is 2. The summed E-state index contributed by atoms with van der Waals surface area (Å²) in [6, 6.07) is 17.5. The molecule has 0 bridgehead atoms. The standard InChI is InChI=1S/C18H22N2S/c1-3-19(4-2)13-14-20-15-9-5-7-11-17(15)21-18-12-8-6-10-16(18)20/h5-12H,3-4,13-14H2,1-2H3/p+1. The maximum atomic E-state index is 2.49. The van der Waals surface area contributed by atoms with Gasteiger partial charge in [0.05, 0.1) is 37.6 Å². The van der Waals surface area contributed by atoms with Crippen LogP contribution in [0, 0.1) is 0 Å². The minimum atomic E-state index is 1.08. The summed E-state index contributed by atoms with van der Waals surface area (Å²) in [4.78, 5) is 6.88. The Hall–Kier alpha value is -1.45. The second-order valence-corrected chi connectivity index (χ2v) is 6.48. The van der Waals surface area contributed by atoms with E-state index in [0.717, 1.165) is 6.54 Å². The van der Waals surface area contributed by atoms with E-state index in [-0.39, 0.29) is 0 Å². The van der Waals surface area contributed by atoms with E-state index in [1.165, 1.54) is 40.8 Å². The SMILES string of the molecule is CC[NH+](CC)CCN1c2ccccc2Sc2ccccc21. The highest BCUT2D eigenvalue weighted by Gasteiger charge is 2.23. The van der Waals surface area contributed by atoms with Gasteiger partial charge in [-0.1, -0.05) is 36.0 Å². The van der Waals surface area contributed by atoms with Crippen LogP contribution in [0.2, 0.25) is 0 Å². The molecule has 3 heteroatoms. The van der Waals surface area contributed by atoms with Crippen molar-refractivity contribution in [3.8, 4) is 0 Å². The minimum absolute atomic E-state index is 1.08. The molecule has 2 nitrogen and oxygen atoms in total. The van der Waals surface area contributed by atoms with E-state index in [4.69, 9.17) is 0 Å². The average molecular weight is 299 g/mol. The van der Waals surface area contributed by atoms with E-state index in [1.807, 2.05) is 11.8 Å². The van der Waals surface area contributed by atoms with Crippen molar-refractivity contribution in [3.05, 3.63) is 48.5 Å². The van der Waals surface area contributed by atoms with Gasteiger partial charge in [0.15, 0.2) is 0 Å². The van der Waals surface area contributed by atoms with Crippen LogP contribution in [0.15, 0.2) is 58.3 Å². The summed E-state index contributed by atoms with van der Waals surface area (Å²) >= 11 is 1.88. The van der Waals surface area contributed by atoms with Gasteiger partial charge in [0.25, 0.3) is 0 Å². The molecule has 21 heavy (non-hydrogen) atoms. The van der Waals surface area contributed by atoms with Gasteiger partial charge in [0.1, 0.15) is 0 Å². The molecule has 2 aromatic rings. The number of anilines is 2. The normalized spacial score (nSPS) is 13.2. The number of fused-ring (bicyclic) bond motifs is 2. The molecule has 0 saturated heterocycles. The van der Waals surface area contributed by atoms with Crippen LogP contribution in [0.25, 0.3) is 0 Å². The predicted molar refractivity (Wildman–Crippen MR) is 90.9 cm³/mol. The van der Waals surface area contributed by atoms with Gasteiger partial charge in [-0.3, -0.25) is 0 Å². The second-order valence-electron chi connectivity index (χ2n) is 5.40. The number of nitrogens with one attached hydrogen (secondary N) is 1. The lowest BCUT2D eigenvalue weighted by Crippen LogP contribution is -3.12. The first-order valence-electron chi connectivity index (χ1n) is 7.80. The Labute approximate surface area is 131 Å². The molecule has 0 saturated carbocycles. The fourth-order valence-corrected chi connectivity index (χ4v) is 3.99. The molecule has 0 aliphatic carbocycles. The summed E-state index contributed by atoms with van der Waals surface area (Å²) in [7, 11) is 0. The zero-order valence-electron chi connectivity index (χ0n) is 12.8. The smallest absolute Gasteiger partial charge is 0.0953 e. The van der Waals surface area contributed by atoms with Crippen LogP contribution in [0.4, 0.5) is 11.4 Å². The number of para-hydroxylation sites is 2. The predicted octanol–water partition coefficient (Wildman–Crippen LogP) is 3.21. The fourth-order valence-electron chi connectivity index (χ4n) is 2.90. The zero-order valence-corrected chi connectivity index (χ0v) is 13.6. The highest BCUT2D eigenvalue weighted by atomic mass is 32.2. The Morgan fingerprint density at radius 2 is 1.38 bits per heavy atom. The lowest BCUT2D eigenvalue weighted by molar-refractivity contribution is -0.894. The van der Waals surface area contributed by atoms with Crippen LogP contribution in [0.1, 0.15) is 13.8 Å². The maximum Gasteiger partial charge on any atom is 0.0953 e. The minimum Gasteiger partial charge on any atom is -0.334 e. The number of nitrogens with zero attached hydrogens (tertiary/aromatic N) is 1. The number of benzene rings is 2. The van der Waals surface area contributed by atoms with Gasteiger partial charge in [-0.25, -0.2) is 0 Å². The third-order valence-electron chi connectivity index (χ3n) is 4.22. The summed E-state index contributed by atoms with van der Waals surface area (Å²) in [6.07, 6.45) is 0. The van der Waals surface area contributed by atoms with Gasteiger partial charge in [0, 0.05) is 9.79 Å². The van der Waals surface area contributed by atoms with Crippen molar-refractivity contribution in [2.24, 2.45) is 0 Å². The van der Waals surface area contributed by atoms with Gasteiger partial charge in [-0.2, -0.15) is 0 Å². The molecular weight excluding hydrogens is 276 g/mol. The summed E-state index contributed by atoms with van der Waals surface area (Å²) in [5.41, 5.74) is 2.71. The molecule has 0 aromatic heterocycles. The van der Waals surface area contributed by atoms with E-state index in [2.05, 4.69) is 67.3 Å². The molecule has 2 aromatic carbocycles. The molecule has 0 spiro atoms. The quantitative estimate of drug-likeness (QED) is 0.906. The van der Waals surface area contributed by atoms with Crippen LogP contribution in [-0.4, -0.2) is 26.2 Å². The highest BCUT2D eigenvalue weighted by molar-refractivity contribution is 7.99. The Kier molecular flexibility index (Phi) is 4.51. The molecule has 1 aliphatic heterocycles. The van der Waals surface area contributed by atoms with Crippen molar-refractivity contribution in [1.29, 1.82) is 0 Å². The fraction of sp³-hybridized carbons (Fsp3) is 0.333. The average Bonchev–Trinajstić information content (AvgIpc) is 2.54. The van der Waals surface area contributed by atoms with E-state index < -0.39 is 0 Å². The molecule has 110 valence electrons. The lowest BCUT2D eigenvalue weighted by Gasteiger charge is -2.33. The van der Waals surface area contributed by atoms with Crippen LogP contribution in [0.5, 0.6) is 0 Å². The number of likely N-dealkylation sites (N-methyl/N-ethyl adjacent to an activating group) is 1. The van der Waals surface area contributed by atoms with Gasteiger partial charge in [-0.15, -0.1) is 0 Å². The molecule has 0 amide bonds. The molecule has 0 unspecified atom stereocenters. The molecule has 1 N–H and O–H groups in total. The summed E-state index contributed by atoms with van der Waals surface area (Å²) < 4.78 is 0. The third-order valence-corrected chi connectivity index (χ3v) is 5.35. The van der Waals surface area contributed by atoms with Gasteiger partial charge in [0.2, 0.25) is 0 Å². The van der Waals surface area contributed by atoms with E-state index in [0.29, 0.717) is 0 Å². The summed E-state index contributed by atoms with van der Waals surface area (Å²) in [6.45, 7) is 9.19. The second kappa shape index (κ2) is 6.54. The van der Waals surface area contributed by atoms with Crippen molar-refractivity contribution in [2.45, 2.75) is 23.6 Å². The monoisotopic (exact) mass is 299 g/mol. The highest BCUT2D eigenvalue weighted by Crippen LogP contribution is 2.47. The first kappa shape index (κ1) is 14.5. The molecule has 3 rings (SSSR count). The Balaban J connectivity index is 1.91. The molecule has 1 heterocycles. The van der Waals surface area contributed by atoms with E-state index >= 15 is 0 Å². The Morgan fingerprint density at radius 3 is 1.90 bits per heavy atom. The summed E-state index contributed by atoms with van der Waals surface area (Å²) in [5.74, 6) is 0. The zero-order chi connectivity index (χ0) is 14.7. The van der Waals surface area contributed by atoms with E-state index in [1.54, 1.807) is 4.90 Å². The van der Waals surface area contributed by atoms with Crippen molar-refractivity contribution < 1.29 is 4.90 Å². The largest absolute Gasteiger partial charge is 0.334 e. The lowest BCUT2D eigenvalue weighted by atomic mass is 10.2. The number of hydrogen-bond donors (Lipinski definition) is 1. The van der Waals surface area contributed by atoms with Crippen molar-refractivity contribution in [2.75, 3.05) is 31.1 Å². The van der Waals surface area contributed by atoms with E-state index in [9.17, 15) is 0 Å². The first-order chi connectivity index (χ1) is 10.3. The van der Waals surface area contributed by atoms with Crippen LogP contribution in [-0.2, 0) is 0 Å². The number of quaternary nitrogens is 1. The third kappa shape index (κ3) is 2.94.